The molecule has 11 heteroatoms. The third-order valence-electron chi connectivity index (χ3n) is 7.36. The van der Waals surface area contributed by atoms with Crippen LogP contribution in [0.4, 0.5) is 4.79 Å². The number of rotatable bonds is 13. The summed E-state index contributed by atoms with van der Waals surface area (Å²) in [5, 5.41) is 20.9. The van der Waals surface area contributed by atoms with Gasteiger partial charge in [0.15, 0.2) is 11.6 Å². The smallest absolute Gasteiger partial charge is 0.417 e. The molecular weight excluding hydrogens is 610 g/mol. The summed E-state index contributed by atoms with van der Waals surface area (Å²) >= 11 is 3.23. The van der Waals surface area contributed by atoms with Gasteiger partial charge in [0.2, 0.25) is 5.91 Å². The second kappa shape index (κ2) is 14.5. The number of carbonyl (C=O) groups is 3. The van der Waals surface area contributed by atoms with Crippen LogP contribution in [0.1, 0.15) is 43.9 Å². The molecule has 4 rings (SSSR count). The largest absolute Gasteiger partial charge is 0.439 e. The van der Waals surface area contributed by atoms with Crippen molar-refractivity contribution in [2.75, 3.05) is 19.8 Å². The van der Waals surface area contributed by atoms with Gasteiger partial charge in [0.25, 0.3) is 0 Å². The number of hydrogen-bond donors (Lipinski definition) is 2. The first-order chi connectivity index (χ1) is 20.1. The lowest BCUT2D eigenvalue weighted by atomic mass is 9.93. The molecule has 2 aliphatic rings. The standard InChI is InChI=1S/C31H36BrNO9/c1-20(29(36)33-21(2)28(41-30(33)37)23-12-7-4-8-13-23)27-25(35)16-26(32)31(38,42-27)14-9-15-39-19-24(17-34)40-18-22-10-5-3-6-11-22/h3-8,10-13,16,20-21,24,27-28,34,38H,9,14-15,17-19H2,1-2H3/t20-,21-,24+,27+,28-,31+/m0/s1. The van der Waals surface area contributed by atoms with Crippen LogP contribution >= 0.6 is 15.9 Å². The van der Waals surface area contributed by atoms with Gasteiger partial charge in [-0.3, -0.25) is 9.59 Å². The summed E-state index contributed by atoms with van der Waals surface area (Å²) in [6.45, 7) is 3.70. The van der Waals surface area contributed by atoms with Crippen LogP contribution in [0.5, 0.6) is 0 Å². The van der Waals surface area contributed by atoms with E-state index in [-0.39, 0.29) is 30.7 Å². The minimum absolute atomic E-state index is 0.0572. The molecule has 0 radical (unpaired) electrons. The normalized spacial score (nSPS) is 25.6. The number of amides is 2. The Balaban J connectivity index is 1.30. The second-order valence-corrected chi connectivity index (χ2v) is 11.3. The number of aliphatic hydroxyl groups is 2. The van der Waals surface area contributed by atoms with Gasteiger partial charge in [-0.25, -0.2) is 9.69 Å². The van der Waals surface area contributed by atoms with Crippen molar-refractivity contribution in [2.24, 2.45) is 5.92 Å². The van der Waals surface area contributed by atoms with Crippen molar-refractivity contribution in [1.82, 2.24) is 4.90 Å². The Hall–Kier alpha value is -2.93. The third kappa shape index (κ3) is 7.52. The van der Waals surface area contributed by atoms with E-state index in [1.165, 1.54) is 13.0 Å². The van der Waals surface area contributed by atoms with Crippen LogP contribution in [0.3, 0.4) is 0 Å². The summed E-state index contributed by atoms with van der Waals surface area (Å²) < 4.78 is 22.8. The Morgan fingerprint density at radius 3 is 2.45 bits per heavy atom. The first-order valence-corrected chi connectivity index (χ1v) is 14.7. The van der Waals surface area contributed by atoms with Gasteiger partial charge < -0.3 is 29.2 Å². The van der Waals surface area contributed by atoms with E-state index in [2.05, 4.69) is 15.9 Å². The number of nitrogens with zero attached hydrogens (tertiary/aromatic N) is 1. The summed E-state index contributed by atoms with van der Waals surface area (Å²) in [5.41, 5.74) is 1.73. The summed E-state index contributed by atoms with van der Waals surface area (Å²) in [4.78, 5) is 40.0. The zero-order chi connectivity index (χ0) is 30.3. The SMILES string of the molecule is C[C@H](C(=O)N1C(=O)O[C@H](c2ccccc2)[C@@H]1C)[C@H]1O[C@](O)(CCCOC[C@@H](CO)OCc2ccccc2)C(Br)=CC1=O. The molecule has 6 atom stereocenters. The van der Waals surface area contributed by atoms with E-state index in [1.54, 1.807) is 6.92 Å². The van der Waals surface area contributed by atoms with E-state index in [4.69, 9.17) is 18.9 Å². The number of cyclic esters (lactones) is 1. The van der Waals surface area contributed by atoms with Gasteiger partial charge in [0, 0.05) is 13.0 Å². The molecular formula is C31H36BrNO9. The Morgan fingerprint density at radius 2 is 1.79 bits per heavy atom. The highest BCUT2D eigenvalue weighted by atomic mass is 79.9. The monoisotopic (exact) mass is 645 g/mol. The van der Waals surface area contributed by atoms with E-state index in [1.807, 2.05) is 60.7 Å². The molecule has 2 N–H and O–H groups in total. The molecule has 10 nitrogen and oxygen atoms in total. The topological polar surface area (TPSA) is 132 Å². The average molecular weight is 647 g/mol. The fraction of sp³-hybridized carbons (Fsp3) is 0.452. The van der Waals surface area contributed by atoms with Crippen molar-refractivity contribution in [3.63, 3.8) is 0 Å². The predicted octanol–water partition coefficient (Wildman–Crippen LogP) is 4.04. The van der Waals surface area contributed by atoms with E-state index < -0.39 is 53.8 Å². The van der Waals surface area contributed by atoms with Crippen LogP contribution in [0.2, 0.25) is 0 Å². The summed E-state index contributed by atoms with van der Waals surface area (Å²) in [5.74, 6) is -4.09. The van der Waals surface area contributed by atoms with Crippen molar-refractivity contribution in [1.29, 1.82) is 0 Å². The number of imide groups is 1. The maximum absolute atomic E-state index is 13.4. The summed E-state index contributed by atoms with van der Waals surface area (Å²) in [7, 11) is 0. The van der Waals surface area contributed by atoms with Gasteiger partial charge in [0.05, 0.1) is 36.3 Å². The first-order valence-electron chi connectivity index (χ1n) is 13.9. The zero-order valence-electron chi connectivity index (χ0n) is 23.6. The molecule has 2 aromatic carbocycles. The van der Waals surface area contributed by atoms with Gasteiger partial charge in [0.1, 0.15) is 18.3 Å². The van der Waals surface area contributed by atoms with Crippen molar-refractivity contribution in [3.8, 4) is 0 Å². The quantitative estimate of drug-likeness (QED) is 0.310. The molecule has 0 spiro atoms. The molecule has 2 aromatic rings. The summed E-state index contributed by atoms with van der Waals surface area (Å²) in [6, 6.07) is 18.1. The average Bonchev–Trinajstić information content (AvgIpc) is 3.30. The number of halogens is 1. The number of carbonyl (C=O) groups excluding carboxylic acids is 3. The molecule has 0 saturated carbocycles. The molecule has 0 bridgehead atoms. The molecule has 0 aliphatic carbocycles. The third-order valence-corrected chi connectivity index (χ3v) is 8.21. The lowest BCUT2D eigenvalue weighted by Crippen LogP contribution is -2.52. The summed E-state index contributed by atoms with van der Waals surface area (Å²) in [6.07, 6.45) is -1.66. The maximum Gasteiger partial charge on any atom is 0.417 e. The van der Waals surface area contributed by atoms with Gasteiger partial charge in [-0.1, -0.05) is 67.6 Å². The molecule has 2 aliphatic heterocycles. The number of hydrogen-bond acceptors (Lipinski definition) is 9. The van der Waals surface area contributed by atoms with Crippen molar-refractivity contribution in [2.45, 2.75) is 63.4 Å². The zero-order valence-corrected chi connectivity index (χ0v) is 25.1. The van der Waals surface area contributed by atoms with E-state index in [0.717, 1.165) is 16.0 Å². The van der Waals surface area contributed by atoms with Crippen molar-refractivity contribution in [3.05, 3.63) is 82.3 Å². The predicted molar refractivity (Wildman–Crippen MR) is 155 cm³/mol. The van der Waals surface area contributed by atoms with Crippen LogP contribution in [-0.4, -0.2) is 76.8 Å². The van der Waals surface area contributed by atoms with Crippen molar-refractivity contribution < 1.29 is 43.5 Å². The van der Waals surface area contributed by atoms with E-state index >= 15 is 0 Å². The van der Waals surface area contributed by atoms with E-state index in [9.17, 15) is 24.6 Å². The molecule has 42 heavy (non-hydrogen) atoms. The van der Waals surface area contributed by atoms with Gasteiger partial charge in [-0.15, -0.1) is 0 Å². The Bertz CT molecular complexity index is 1260. The molecule has 0 unspecified atom stereocenters. The van der Waals surface area contributed by atoms with E-state index in [0.29, 0.717) is 13.0 Å². The molecule has 2 amide bonds. The lowest BCUT2D eigenvalue weighted by molar-refractivity contribution is -0.217. The van der Waals surface area contributed by atoms with Gasteiger partial charge in [-0.05, 0) is 46.5 Å². The van der Waals surface area contributed by atoms with Crippen LogP contribution in [0.25, 0.3) is 0 Å². The van der Waals surface area contributed by atoms with Crippen LogP contribution in [-0.2, 0) is 35.1 Å². The highest BCUT2D eigenvalue weighted by Crippen LogP contribution is 2.38. The molecule has 0 aromatic heterocycles. The Labute approximate surface area is 253 Å². The number of aliphatic hydroxyl groups excluding tert-OH is 1. The second-order valence-electron chi connectivity index (χ2n) is 10.4. The van der Waals surface area contributed by atoms with Crippen LogP contribution in [0.15, 0.2) is 71.2 Å². The molecule has 1 fully saturated rings. The lowest BCUT2D eigenvalue weighted by Gasteiger charge is -2.37. The Kier molecular flexibility index (Phi) is 11.0. The minimum atomic E-state index is -1.87. The highest BCUT2D eigenvalue weighted by Gasteiger charge is 2.49. The fourth-order valence-electron chi connectivity index (χ4n) is 4.94. The molecule has 2 heterocycles. The van der Waals surface area contributed by atoms with Crippen LogP contribution < -0.4 is 0 Å². The maximum atomic E-state index is 13.4. The number of ether oxygens (including phenoxy) is 4. The highest BCUT2D eigenvalue weighted by molar-refractivity contribution is 9.11. The minimum Gasteiger partial charge on any atom is -0.439 e. The van der Waals surface area contributed by atoms with Gasteiger partial charge in [-0.2, -0.15) is 0 Å². The Morgan fingerprint density at radius 1 is 1.12 bits per heavy atom. The first kappa shape index (κ1) is 32.0. The molecule has 226 valence electrons. The fourth-order valence-corrected chi connectivity index (χ4v) is 5.45. The number of ketones is 1. The van der Waals surface area contributed by atoms with Crippen LogP contribution in [0, 0.1) is 5.92 Å². The van der Waals surface area contributed by atoms with Crippen molar-refractivity contribution >= 4 is 33.7 Å². The molecule has 1 saturated heterocycles. The van der Waals surface area contributed by atoms with Gasteiger partial charge >= 0.3 is 6.09 Å². The number of benzene rings is 2.